The van der Waals surface area contributed by atoms with E-state index in [1.54, 1.807) is 6.20 Å². The van der Waals surface area contributed by atoms with Crippen molar-refractivity contribution in [1.29, 1.82) is 5.26 Å². The van der Waals surface area contributed by atoms with E-state index in [1.807, 2.05) is 45.3 Å². The molecule has 1 fully saturated rings. The maximum Gasteiger partial charge on any atom is 0.223 e. The Morgan fingerprint density at radius 1 is 1.37 bits per heavy atom. The number of likely N-dealkylation sites (N-methyl/N-ethyl adjacent to an activating group) is 1. The van der Waals surface area contributed by atoms with Crippen molar-refractivity contribution in [2.24, 2.45) is 5.92 Å². The Hall–Kier alpha value is -2.65. The molecule has 0 radical (unpaired) electrons. The molecule has 0 bridgehead atoms. The molecule has 1 amide bonds. The molecule has 1 unspecified atom stereocenters. The third kappa shape index (κ3) is 4.37. The van der Waals surface area contributed by atoms with E-state index >= 15 is 0 Å². The lowest BCUT2D eigenvalue weighted by Crippen LogP contribution is -2.45. The summed E-state index contributed by atoms with van der Waals surface area (Å²) in [4.78, 5) is 21.3. The van der Waals surface area contributed by atoms with Gasteiger partial charge in [0.05, 0.1) is 11.1 Å². The number of carbonyl (C=O) groups is 1. The highest BCUT2D eigenvalue weighted by molar-refractivity contribution is 5.95. The molecule has 1 N–H and O–H groups in total. The Labute approximate surface area is 160 Å². The fourth-order valence-electron chi connectivity index (χ4n) is 3.86. The van der Waals surface area contributed by atoms with Crippen LogP contribution in [0.5, 0.6) is 0 Å². The van der Waals surface area contributed by atoms with Gasteiger partial charge in [0, 0.05) is 48.9 Å². The van der Waals surface area contributed by atoms with Crippen LogP contribution in [0.1, 0.15) is 25.3 Å². The molecule has 6 heteroatoms. The third-order valence-electron chi connectivity index (χ3n) is 5.10. The molecule has 1 aromatic heterocycles. The maximum atomic E-state index is 12.5. The molecular weight excluding hydrogens is 338 g/mol. The van der Waals surface area contributed by atoms with Crippen LogP contribution in [0.3, 0.4) is 0 Å². The van der Waals surface area contributed by atoms with Crippen LogP contribution in [0, 0.1) is 17.2 Å². The number of nitriles is 1. The van der Waals surface area contributed by atoms with Crippen LogP contribution in [0.4, 0.5) is 5.69 Å². The number of hydrogen-bond donors (Lipinski definition) is 1. The molecule has 2 heterocycles. The minimum atomic E-state index is 0.0635. The SMILES string of the molecule is CC(CN(C)C)NC(=O)C1CCN(c2ccc(C#N)c3ncccc23)CC1. The van der Waals surface area contributed by atoms with Crippen molar-refractivity contribution in [3.05, 3.63) is 36.0 Å². The van der Waals surface area contributed by atoms with Gasteiger partial charge in [0.1, 0.15) is 6.07 Å². The zero-order valence-electron chi connectivity index (χ0n) is 16.3. The van der Waals surface area contributed by atoms with Crippen LogP contribution < -0.4 is 10.2 Å². The second-order valence-corrected chi connectivity index (χ2v) is 7.58. The summed E-state index contributed by atoms with van der Waals surface area (Å²) in [7, 11) is 4.02. The predicted octanol–water partition coefficient (Wildman–Crippen LogP) is 2.39. The van der Waals surface area contributed by atoms with E-state index in [0.717, 1.165) is 49.1 Å². The van der Waals surface area contributed by atoms with Gasteiger partial charge in [-0.3, -0.25) is 9.78 Å². The van der Waals surface area contributed by atoms with E-state index in [-0.39, 0.29) is 17.9 Å². The third-order valence-corrected chi connectivity index (χ3v) is 5.10. The molecule has 1 aliphatic rings. The van der Waals surface area contributed by atoms with Crippen molar-refractivity contribution in [3.63, 3.8) is 0 Å². The first kappa shape index (κ1) is 19.1. The van der Waals surface area contributed by atoms with Gasteiger partial charge in [-0.15, -0.1) is 0 Å². The predicted molar refractivity (Wildman–Crippen MR) is 108 cm³/mol. The Bertz CT molecular complexity index is 849. The van der Waals surface area contributed by atoms with Gasteiger partial charge in [-0.2, -0.15) is 5.26 Å². The molecular formula is C21H27N5O. The van der Waals surface area contributed by atoms with Gasteiger partial charge in [-0.05, 0) is 58.1 Å². The van der Waals surface area contributed by atoms with E-state index in [1.165, 1.54) is 0 Å². The summed E-state index contributed by atoms with van der Waals surface area (Å²) in [5, 5.41) is 13.4. The van der Waals surface area contributed by atoms with Gasteiger partial charge < -0.3 is 15.1 Å². The Kier molecular flexibility index (Phi) is 5.92. The number of pyridine rings is 1. The molecule has 6 nitrogen and oxygen atoms in total. The largest absolute Gasteiger partial charge is 0.371 e. The molecule has 0 aliphatic carbocycles. The van der Waals surface area contributed by atoms with E-state index in [4.69, 9.17) is 0 Å². The zero-order valence-corrected chi connectivity index (χ0v) is 16.3. The van der Waals surface area contributed by atoms with Gasteiger partial charge in [0.15, 0.2) is 0 Å². The van der Waals surface area contributed by atoms with Crippen LogP contribution in [0.2, 0.25) is 0 Å². The summed E-state index contributed by atoms with van der Waals surface area (Å²) in [6, 6.07) is 10.1. The van der Waals surface area contributed by atoms with E-state index in [9.17, 15) is 10.1 Å². The number of nitrogens with one attached hydrogen (secondary N) is 1. The molecule has 1 atom stereocenters. The monoisotopic (exact) mass is 365 g/mol. The lowest BCUT2D eigenvalue weighted by Gasteiger charge is -2.34. The molecule has 0 saturated carbocycles. The molecule has 1 aromatic carbocycles. The van der Waals surface area contributed by atoms with Crippen molar-refractivity contribution < 1.29 is 4.79 Å². The van der Waals surface area contributed by atoms with Crippen LogP contribution in [-0.4, -0.2) is 55.6 Å². The van der Waals surface area contributed by atoms with Crippen molar-refractivity contribution in [2.75, 3.05) is 38.6 Å². The van der Waals surface area contributed by atoms with Gasteiger partial charge in [0.25, 0.3) is 0 Å². The maximum absolute atomic E-state index is 12.5. The lowest BCUT2D eigenvalue weighted by molar-refractivity contribution is -0.126. The smallest absolute Gasteiger partial charge is 0.223 e. The summed E-state index contributed by atoms with van der Waals surface area (Å²) in [5.74, 6) is 0.226. The van der Waals surface area contributed by atoms with Crippen LogP contribution in [-0.2, 0) is 4.79 Å². The Morgan fingerprint density at radius 3 is 2.78 bits per heavy atom. The van der Waals surface area contributed by atoms with E-state index in [0.29, 0.717) is 5.56 Å². The highest BCUT2D eigenvalue weighted by Gasteiger charge is 2.26. The van der Waals surface area contributed by atoms with Crippen LogP contribution in [0.15, 0.2) is 30.5 Å². The Morgan fingerprint density at radius 2 is 2.11 bits per heavy atom. The standard InChI is InChI=1S/C21H27N5O/c1-15(14-25(2)3)24-21(27)16-8-11-26(12-9-16)19-7-6-17(13-22)20-18(19)5-4-10-23-20/h4-7,10,15-16H,8-9,11-12,14H2,1-3H3,(H,24,27). The number of fused-ring (bicyclic) bond motifs is 1. The molecule has 1 saturated heterocycles. The summed E-state index contributed by atoms with van der Waals surface area (Å²) < 4.78 is 0. The number of carbonyl (C=O) groups excluding carboxylic acids is 1. The zero-order chi connectivity index (χ0) is 19.4. The molecule has 0 spiro atoms. The van der Waals surface area contributed by atoms with Crippen molar-refractivity contribution in [3.8, 4) is 6.07 Å². The summed E-state index contributed by atoms with van der Waals surface area (Å²) in [6.45, 7) is 4.55. The first-order chi connectivity index (χ1) is 13.0. The normalized spacial score (nSPS) is 16.3. The van der Waals surface area contributed by atoms with E-state index < -0.39 is 0 Å². The van der Waals surface area contributed by atoms with Crippen molar-refractivity contribution in [1.82, 2.24) is 15.2 Å². The topological polar surface area (TPSA) is 72.3 Å². The van der Waals surface area contributed by atoms with Crippen LogP contribution >= 0.6 is 0 Å². The second-order valence-electron chi connectivity index (χ2n) is 7.58. The number of rotatable bonds is 5. The van der Waals surface area contributed by atoms with Gasteiger partial charge in [-0.1, -0.05) is 0 Å². The number of anilines is 1. The number of hydrogen-bond acceptors (Lipinski definition) is 5. The average molecular weight is 365 g/mol. The fraction of sp³-hybridized carbons (Fsp3) is 0.476. The number of aromatic nitrogens is 1. The number of benzene rings is 1. The highest BCUT2D eigenvalue weighted by atomic mass is 16.1. The van der Waals surface area contributed by atoms with Crippen molar-refractivity contribution in [2.45, 2.75) is 25.8 Å². The minimum Gasteiger partial charge on any atom is -0.371 e. The van der Waals surface area contributed by atoms with Gasteiger partial charge >= 0.3 is 0 Å². The van der Waals surface area contributed by atoms with Crippen LogP contribution in [0.25, 0.3) is 10.9 Å². The molecule has 2 aromatic rings. The van der Waals surface area contributed by atoms with Gasteiger partial charge in [0.2, 0.25) is 5.91 Å². The summed E-state index contributed by atoms with van der Waals surface area (Å²) >= 11 is 0. The molecule has 1 aliphatic heterocycles. The van der Waals surface area contributed by atoms with Gasteiger partial charge in [-0.25, -0.2) is 0 Å². The van der Waals surface area contributed by atoms with E-state index in [2.05, 4.69) is 26.2 Å². The summed E-state index contributed by atoms with van der Waals surface area (Å²) in [5.41, 5.74) is 2.44. The molecule has 3 rings (SSSR count). The fourth-order valence-corrected chi connectivity index (χ4v) is 3.86. The first-order valence-electron chi connectivity index (χ1n) is 9.47. The first-order valence-corrected chi connectivity index (χ1v) is 9.47. The number of amides is 1. The molecule has 142 valence electrons. The van der Waals surface area contributed by atoms with Crippen molar-refractivity contribution >= 4 is 22.5 Å². The Balaban J connectivity index is 1.67. The molecule has 27 heavy (non-hydrogen) atoms. The number of nitrogens with zero attached hydrogens (tertiary/aromatic N) is 4. The quantitative estimate of drug-likeness (QED) is 0.881. The second kappa shape index (κ2) is 8.36. The lowest BCUT2D eigenvalue weighted by atomic mass is 9.94. The minimum absolute atomic E-state index is 0.0635. The highest BCUT2D eigenvalue weighted by Crippen LogP contribution is 2.31. The summed E-state index contributed by atoms with van der Waals surface area (Å²) in [6.07, 6.45) is 3.39. The number of piperidine rings is 1. The average Bonchev–Trinajstić information content (AvgIpc) is 2.66.